The molecule has 2 aliphatic rings. The van der Waals surface area contributed by atoms with E-state index in [0.717, 1.165) is 12.8 Å². The smallest absolute Gasteiger partial charge is 0.220 e. The summed E-state index contributed by atoms with van der Waals surface area (Å²) in [5.41, 5.74) is 0.613. The first-order valence-corrected chi connectivity index (χ1v) is 8.06. The summed E-state index contributed by atoms with van der Waals surface area (Å²) in [6.07, 6.45) is 4.34. The van der Waals surface area contributed by atoms with E-state index in [9.17, 15) is 14.3 Å². The second-order valence-corrected chi connectivity index (χ2v) is 6.55. The van der Waals surface area contributed by atoms with E-state index < -0.39 is 6.10 Å². The van der Waals surface area contributed by atoms with Crippen molar-refractivity contribution in [3.05, 3.63) is 35.6 Å². The molecular weight excluding hydrogens is 283 g/mol. The van der Waals surface area contributed by atoms with Crippen molar-refractivity contribution in [2.45, 2.75) is 50.3 Å². The Morgan fingerprint density at radius 1 is 1.27 bits per heavy atom. The molecule has 3 rings (SSSR count). The number of hydrogen-bond donors (Lipinski definition) is 3. The minimum Gasteiger partial charge on any atom is -0.387 e. The van der Waals surface area contributed by atoms with E-state index in [1.165, 1.54) is 37.1 Å². The molecule has 1 amide bonds. The van der Waals surface area contributed by atoms with Gasteiger partial charge in [0.2, 0.25) is 5.91 Å². The number of nitrogens with one attached hydrogen (secondary N) is 2. The number of carbonyl (C=O) groups excluding carboxylic acids is 1. The molecule has 0 aromatic heterocycles. The molecule has 5 heteroatoms. The van der Waals surface area contributed by atoms with Crippen molar-refractivity contribution in [3.8, 4) is 0 Å². The Bertz CT molecular complexity index is 508. The standard InChI is InChI=1S/C17H23FN2O2/c18-13-3-1-12(2-4-13)16(21)10-19-17(22)9-11-7-14-5-6-15(8-11)20-14/h1-4,11,14-16,20-21H,5-10H2,(H,19,22). The van der Waals surface area contributed by atoms with Crippen LogP contribution in [-0.2, 0) is 4.79 Å². The van der Waals surface area contributed by atoms with Gasteiger partial charge in [0.1, 0.15) is 5.82 Å². The molecule has 3 unspecified atom stereocenters. The van der Waals surface area contributed by atoms with Gasteiger partial charge in [-0.1, -0.05) is 12.1 Å². The fraction of sp³-hybridized carbons (Fsp3) is 0.588. The number of amides is 1. The van der Waals surface area contributed by atoms with Crippen LogP contribution in [0.1, 0.15) is 43.8 Å². The third-order valence-corrected chi connectivity index (χ3v) is 4.79. The van der Waals surface area contributed by atoms with Crippen molar-refractivity contribution in [2.75, 3.05) is 6.54 Å². The average molecular weight is 306 g/mol. The number of aliphatic hydroxyl groups excluding tert-OH is 1. The van der Waals surface area contributed by atoms with E-state index in [1.807, 2.05) is 0 Å². The van der Waals surface area contributed by atoms with Crippen LogP contribution in [0, 0.1) is 11.7 Å². The topological polar surface area (TPSA) is 61.4 Å². The van der Waals surface area contributed by atoms with Gasteiger partial charge >= 0.3 is 0 Å². The van der Waals surface area contributed by atoms with Crippen molar-refractivity contribution in [2.24, 2.45) is 5.92 Å². The van der Waals surface area contributed by atoms with Gasteiger partial charge in [0.25, 0.3) is 0 Å². The zero-order valence-corrected chi connectivity index (χ0v) is 12.6. The summed E-state index contributed by atoms with van der Waals surface area (Å²) in [6.45, 7) is 0.169. The maximum Gasteiger partial charge on any atom is 0.220 e. The Morgan fingerprint density at radius 3 is 2.55 bits per heavy atom. The molecule has 2 aliphatic heterocycles. The Balaban J connectivity index is 1.43. The highest BCUT2D eigenvalue weighted by Gasteiger charge is 2.34. The Kier molecular flexibility index (Phi) is 4.74. The van der Waals surface area contributed by atoms with Crippen LogP contribution in [0.4, 0.5) is 4.39 Å². The molecule has 3 atom stereocenters. The van der Waals surface area contributed by atoms with E-state index >= 15 is 0 Å². The maximum atomic E-state index is 12.8. The van der Waals surface area contributed by atoms with Crippen LogP contribution < -0.4 is 10.6 Å². The SMILES string of the molecule is O=C(CC1CC2CCC(C1)N2)NCC(O)c1ccc(F)cc1. The molecule has 2 fully saturated rings. The molecule has 22 heavy (non-hydrogen) atoms. The van der Waals surface area contributed by atoms with Crippen LogP contribution in [0.2, 0.25) is 0 Å². The fourth-order valence-corrected chi connectivity index (χ4v) is 3.69. The molecule has 120 valence electrons. The van der Waals surface area contributed by atoms with E-state index in [4.69, 9.17) is 0 Å². The predicted octanol–water partition coefficient (Wildman–Crippen LogP) is 1.90. The van der Waals surface area contributed by atoms with Crippen LogP contribution >= 0.6 is 0 Å². The lowest BCUT2D eigenvalue weighted by Crippen LogP contribution is -2.40. The van der Waals surface area contributed by atoms with E-state index in [-0.39, 0.29) is 18.3 Å². The van der Waals surface area contributed by atoms with Crippen LogP contribution in [0.5, 0.6) is 0 Å². The van der Waals surface area contributed by atoms with Crippen molar-refractivity contribution >= 4 is 5.91 Å². The minimum atomic E-state index is -0.797. The number of fused-ring (bicyclic) bond motifs is 2. The third kappa shape index (κ3) is 3.84. The molecule has 2 heterocycles. The number of benzene rings is 1. The molecule has 1 aromatic rings. The number of piperidine rings is 1. The first-order chi connectivity index (χ1) is 10.6. The van der Waals surface area contributed by atoms with Gasteiger partial charge in [-0.05, 0) is 49.3 Å². The summed E-state index contributed by atoms with van der Waals surface area (Å²) in [5, 5.41) is 16.4. The lowest BCUT2D eigenvalue weighted by Gasteiger charge is -2.28. The minimum absolute atomic E-state index is 0.00698. The van der Waals surface area contributed by atoms with Gasteiger partial charge in [-0.25, -0.2) is 4.39 Å². The van der Waals surface area contributed by atoms with Crippen LogP contribution in [0.15, 0.2) is 24.3 Å². The Labute approximate surface area is 130 Å². The van der Waals surface area contributed by atoms with Crippen LogP contribution in [-0.4, -0.2) is 29.6 Å². The second kappa shape index (κ2) is 6.75. The van der Waals surface area contributed by atoms with Crippen LogP contribution in [0.25, 0.3) is 0 Å². The highest BCUT2D eigenvalue weighted by molar-refractivity contribution is 5.76. The molecule has 3 N–H and O–H groups in total. The fourth-order valence-electron chi connectivity index (χ4n) is 3.69. The summed E-state index contributed by atoms with van der Waals surface area (Å²) < 4.78 is 12.8. The summed E-state index contributed by atoms with van der Waals surface area (Å²) in [7, 11) is 0. The first-order valence-electron chi connectivity index (χ1n) is 8.06. The second-order valence-electron chi connectivity index (χ2n) is 6.55. The largest absolute Gasteiger partial charge is 0.387 e. The highest BCUT2D eigenvalue weighted by atomic mass is 19.1. The quantitative estimate of drug-likeness (QED) is 0.778. The number of aliphatic hydroxyl groups is 1. The molecule has 2 saturated heterocycles. The monoisotopic (exact) mass is 306 g/mol. The number of hydrogen-bond acceptors (Lipinski definition) is 3. The van der Waals surface area contributed by atoms with E-state index in [2.05, 4.69) is 10.6 Å². The zero-order chi connectivity index (χ0) is 15.5. The summed E-state index contributed by atoms with van der Waals surface area (Å²) >= 11 is 0. The lowest BCUT2D eigenvalue weighted by molar-refractivity contribution is -0.122. The molecule has 1 aromatic carbocycles. The first kappa shape index (κ1) is 15.4. The van der Waals surface area contributed by atoms with Gasteiger partial charge in [0.15, 0.2) is 0 Å². The van der Waals surface area contributed by atoms with Crippen molar-refractivity contribution in [1.82, 2.24) is 10.6 Å². The van der Waals surface area contributed by atoms with Crippen molar-refractivity contribution in [3.63, 3.8) is 0 Å². The molecule has 2 bridgehead atoms. The third-order valence-electron chi connectivity index (χ3n) is 4.79. The molecule has 0 aliphatic carbocycles. The lowest BCUT2D eigenvalue weighted by atomic mass is 9.89. The molecule has 0 radical (unpaired) electrons. The van der Waals surface area contributed by atoms with Gasteiger partial charge in [0.05, 0.1) is 6.10 Å². The number of carbonyl (C=O) groups is 1. The Hall–Kier alpha value is -1.46. The van der Waals surface area contributed by atoms with E-state index in [0.29, 0.717) is 30.0 Å². The molecule has 0 spiro atoms. The normalized spacial score (nSPS) is 28.4. The summed E-state index contributed by atoms with van der Waals surface area (Å²) in [6, 6.07) is 6.87. The molecule has 0 saturated carbocycles. The highest BCUT2D eigenvalue weighted by Crippen LogP contribution is 2.32. The summed E-state index contributed by atoms with van der Waals surface area (Å²) in [5.74, 6) is 0.106. The molecular formula is C17H23FN2O2. The number of rotatable bonds is 5. The summed E-state index contributed by atoms with van der Waals surface area (Å²) in [4.78, 5) is 12.0. The van der Waals surface area contributed by atoms with E-state index in [1.54, 1.807) is 0 Å². The number of halogens is 1. The predicted molar refractivity (Wildman–Crippen MR) is 81.7 cm³/mol. The van der Waals surface area contributed by atoms with Gasteiger partial charge < -0.3 is 15.7 Å². The average Bonchev–Trinajstić information content (AvgIpc) is 2.84. The van der Waals surface area contributed by atoms with Crippen molar-refractivity contribution in [1.29, 1.82) is 0 Å². The van der Waals surface area contributed by atoms with Gasteiger partial charge in [-0.3, -0.25) is 4.79 Å². The zero-order valence-electron chi connectivity index (χ0n) is 12.6. The van der Waals surface area contributed by atoms with Crippen molar-refractivity contribution < 1.29 is 14.3 Å². The van der Waals surface area contributed by atoms with Crippen LogP contribution in [0.3, 0.4) is 0 Å². The van der Waals surface area contributed by atoms with Gasteiger partial charge in [-0.15, -0.1) is 0 Å². The Morgan fingerprint density at radius 2 is 1.91 bits per heavy atom. The maximum absolute atomic E-state index is 12.8. The molecule has 4 nitrogen and oxygen atoms in total. The van der Waals surface area contributed by atoms with Gasteiger partial charge in [0, 0.05) is 25.0 Å². The van der Waals surface area contributed by atoms with Gasteiger partial charge in [-0.2, -0.15) is 0 Å².